The standard InChI is InChI=1S/C23H34N2O4/c1-3-23(11-5-12-23)20(26)6-4-13-24-14-10-21(27)25(24)15-9-18-7-8-19(22(28)29)17(2)16-18/h7-8,16,20,26H,3-6,9-15H2,1-2H3,(H,28,29)/t20-/m0/s1. The molecule has 160 valence electrons. The second-order valence-electron chi connectivity index (χ2n) is 8.65. The number of aromatic carboxylic acids is 1. The number of hydrogen-bond donors (Lipinski definition) is 2. The van der Waals surface area contributed by atoms with E-state index in [2.05, 4.69) is 11.9 Å². The molecule has 1 atom stereocenters. The van der Waals surface area contributed by atoms with E-state index in [-0.39, 0.29) is 17.4 Å². The molecule has 1 saturated heterocycles. The van der Waals surface area contributed by atoms with Crippen molar-refractivity contribution in [3.05, 3.63) is 34.9 Å². The molecule has 1 heterocycles. The van der Waals surface area contributed by atoms with Gasteiger partial charge in [-0.05, 0) is 68.1 Å². The lowest BCUT2D eigenvalue weighted by molar-refractivity contribution is -0.138. The molecule has 1 saturated carbocycles. The molecule has 0 bridgehead atoms. The van der Waals surface area contributed by atoms with Crippen LogP contribution in [0.4, 0.5) is 0 Å². The highest BCUT2D eigenvalue weighted by Gasteiger charge is 2.41. The topological polar surface area (TPSA) is 81.1 Å². The van der Waals surface area contributed by atoms with Crippen molar-refractivity contribution in [1.82, 2.24) is 10.0 Å². The van der Waals surface area contributed by atoms with Crippen LogP contribution in [0.15, 0.2) is 18.2 Å². The second-order valence-corrected chi connectivity index (χ2v) is 8.65. The Kier molecular flexibility index (Phi) is 6.96. The van der Waals surface area contributed by atoms with Crippen LogP contribution in [0.1, 0.15) is 73.4 Å². The number of carbonyl (C=O) groups excluding carboxylic acids is 1. The first-order chi connectivity index (χ1) is 13.9. The van der Waals surface area contributed by atoms with Gasteiger partial charge in [-0.3, -0.25) is 9.80 Å². The summed E-state index contributed by atoms with van der Waals surface area (Å²) in [5, 5.41) is 23.7. The number of carboxylic acid groups (broad SMARTS) is 1. The fraction of sp³-hybridized carbons (Fsp3) is 0.652. The van der Waals surface area contributed by atoms with Crippen LogP contribution in [-0.2, 0) is 11.2 Å². The molecule has 0 radical (unpaired) electrons. The third-order valence-corrected chi connectivity index (χ3v) is 7.00. The zero-order valence-corrected chi connectivity index (χ0v) is 17.7. The van der Waals surface area contributed by atoms with E-state index in [4.69, 9.17) is 5.11 Å². The van der Waals surface area contributed by atoms with Crippen molar-refractivity contribution in [3.63, 3.8) is 0 Å². The van der Waals surface area contributed by atoms with Crippen molar-refractivity contribution in [2.75, 3.05) is 19.6 Å². The number of hydrazine groups is 1. The molecule has 1 amide bonds. The Bertz CT molecular complexity index is 739. The van der Waals surface area contributed by atoms with Gasteiger partial charge in [0, 0.05) is 26.1 Å². The summed E-state index contributed by atoms with van der Waals surface area (Å²) >= 11 is 0. The lowest BCUT2D eigenvalue weighted by Crippen LogP contribution is -2.43. The van der Waals surface area contributed by atoms with E-state index >= 15 is 0 Å². The van der Waals surface area contributed by atoms with Gasteiger partial charge in [0.05, 0.1) is 11.7 Å². The Labute approximate surface area is 173 Å². The molecule has 6 heteroatoms. The number of carbonyl (C=O) groups is 2. The van der Waals surface area contributed by atoms with Crippen molar-refractivity contribution >= 4 is 11.9 Å². The van der Waals surface area contributed by atoms with Crippen LogP contribution < -0.4 is 0 Å². The molecule has 0 aromatic heterocycles. The summed E-state index contributed by atoms with van der Waals surface area (Å²) < 4.78 is 0. The smallest absolute Gasteiger partial charge is 0.335 e. The molecule has 1 aromatic carbocycles. The number of hydrogen-bond acceptors (Lipinski definition) is 4. The average Bonchev–Trinajstić information content (AvgIpc) is 2.99. The maximum Gasteiger partial charge on any atom is 0.335 e. The summed E-state index contributed by atoms with van der Waals surface area (Å²) in [5.74, 6) is -0.766. The lowest BCUT2D eigenvalue weighted by Gasteiger charge is -2.45. The normalized spacial score (nSPS) is 20.0. The van der Waals surface area contributed by atoms with Crippen LogP contribution >= 0.6 is 0 Å². The van der Waals surface area contributed by atoms with E-state index in [1.54, 1.807) is 13.0 Å². The highest BCUT2D eigenvalue weighted by atomic mass is 16.4. The average molecular weight is 403 g/mol. The fourth-order valence-corrected chi connectivity index (χ4v) is 4.81. The van der Waals surface area contributed by atoms with Crippen molar-refractivity contribution < 1.29 is 19.8 Å². The number of aryl methyl sites for hydroxylation is 1. The van der Waals surface area contributed by atoms with Gasteiger partial charge in [-0.25, -0.2) is 9.80 Å². The van der Waals surface area contributed by atoms with Crippen LogP contribution in [0.5, 0.6) is 0 Å². The Hall–Kier alpha value is -1.92. The maximum absolute atomic E-state index is 12.3. The van der Waals surface area contributed by atoms with Crippen molar-refractivity contribution in [3.8, 4) is 0 Å². The summed E-state index contributed by atoms with van der Waals surface area (Å²) in [6.07, 6.45) is 7.24. The van der Waals surface area contributed by atoms with E-state index in [0.717, 1.165) is 56.3 Å². The first kappa shape index (κ1) is 21.8. The van der Waals surface area contributed by atoms with Gasteiger partial charge < -0.3 is 10.2 Å². The number of benzene rings is 1. The van der Waals surface area contributed by atoms with Gasteiger partial charge in [0.25, 0.3) is 0 Å². The summed E-state index contributed by atoms with van der Waals surface area (Å²) in [7, 11) is 0. The second kappa shape index (κ2) is 9.26. The van der Waals surface area contributed by atoms with Crippen LogP contribution in [0, 0.1) is 12.3 Å². The molecule has 1 aromatic rings. The van der Waals surface area contributed by atoms with Gasteiger partial charge >= 0.3 is 5.97 Å². The van der Waals surface area contributed by atoms with E-state index in [1.165, 1.54) is 6.42 Å². The fourth-order valence-electron chi connectivity index (χ4n) is 4.81. The number of carboxylic acids is 1. The largest absolute Gasteiger partial charge is 0.478 e. The van der Waals surface area contributed by atoms with Gasteiger partial charge in [-0.1, -0.05) is 25.5 Å². The number of nitrogens with zero attached hydrogens (tertiary/aromatic N) is 2. The summed E-state index contributed by atoms with van der Waals surface area (Å²) in [6.45, 7) is 6.11. The van der Waals surface area contributed by atoms with Gasteiger partial charge in [-0.15, -0.1) is 0 Å². The van der Waals surface area contributed by atoms with Crippen molar-refractivity contribution in [2.45, 2.75) is 71.3 Å². The van der Waals surface area contributed by atoms with E-state index in [0.29, 0.717) is 24.9 Å². The van der Waals surface area contributed by atoms with Gasteiger partial charge in [0.2, 0.25) is 5.91 Å². The molecule has 29 heavy (non-hydrogen) atoms. The monoisotopic (exact) mass is 402 g/mol. The SMILES string of the molecule is CCC1([C@@H](O)CCCN2CCC(=O)N2CCc2ccc(C(=O)O)c(C)c2)CCC1. The zero-order valence-electron chi connectivity index (χ0n) is 17.7. The molecule has 2 aliphatic rings. The molecule has 2 fully saturated rings. The molecular formula is C23H34N2O4. The summed E-state index contributed by atoms with van der Waals surface area (Å²) in [5.41, 5.74) is 2.25. The quantitative estimate of drug-likeness (QED) is 0.627. The predicted molar refractivity (Wildman–Crippen MR) is 112 cm³/mol. The first-order valence-corrected chi connectivity index (χ1v) is 10.9. The van der Waals surface area contributed by atoms with E-state index in [1.807, 2.05) is 17.1 Å². The van der Waals surface area contributed by atoms with E-state index < -0.39 is 5.97 Å². The van der Waals surface area contributed by atoms with Crippen molar-refractivity contribution in [1.29, 1.82) is 0 Å². The number of amides is 1. The molecule has 0 unspecified atom stereocenters. The number of aliphatic hydroxyl groups is 1. The van der Waals surface area contributed by atoms with Crippen LogP contribution in [-0.4, -0.2) is 57.8 Å². The summed E-state index contributed by atoms with van der Waals surface area (Å²) in [4.78, 5) is 23.5. The third kappa shape index (κ3) is 4.81. The molecular weight excluding hydrogens is 368 g/mol. The zero-order chi connectivity index (χ0) is 21.0. The van der Waals surface area contributed by atoms with Crippen molar-refractivity contribution in [2.24, 2.45) is 5.41 Å². The van der Waals surface area contributed by atoms with E-state index in [9.17, 15) is 14.7 Å². The molecule has 2 N–H and O–H groups in total. The van der Waals surface area contributed by atoms with Crippen LogP contribution in [0.3, 0.4) is 0 Å². The lowest BCUT2D eigenvalue weighted by atomic mass is 9.62. The summed E-state index contributed by atoms with van der Waals surface area (Å²) in [6, 6.07) is 5.37. The Balaban J connectivity index is 1.50. The molecule has 1 aliphatic heterocycles. The molecule has 1 aliphatic carbocycles. The first-order valence-electron chi connectivity index (χ1n) is 10.9. The third-order valence-electron chi connectivity index (χ3n) is 7.00. The van der Waals surface area contributed by atoms with Crippen LogP contribution in [0.25, 0.3) is 0 Å². The van der Waals surface area contributed by atoms with Gasteiger partial charge in [0.15, 0.2) is 0 Å². The minimum Gasteiger partial charge on any atom is -0.478 e. The molecule has 3 rings (SSSR count). The minimum absolute atomic E-state index is 0.139. The molecule has 6 nitrogen and oxygen atoms in total. The Morgan fingerprint density at radius 1 is 1.28 bits per heavy atom. The predicted octanol–water partition coefficient (Wildman–Crippen LogP) is 3.41. The molecule has 0 spiro atoms. The Morgan fingerprint density at radius 3 is 2.62 bits per heavy atom. The minimum atomic E-state index is -0.913. The highest BCUT2D eigenvalue weighted by molar-refractivity contribution is 5.89. The van der Waals surface area contributed by atoms with Gasteiger partial charge in [-0.2, -0.15) is 0 Å². The maximum atomic E-state index is 12.3. The number of aliphatic hydroxyl groups excluding tert-OH is 1. The Morgan fingerprint density at radius 2 is 2.03 bits per heavy atom. The van der Waals surface area contributed by atoms with Gasteiger partial charge in [0.1, 0.15) is 0 Å². The van der Waals surface area contributed by atoms with Crippen LogP contribution in [0.2, 0.25) is 0 Å². The highest BCUT2D eigenvalue weighted by Crippen LogP contribution is 2.47. The number of rotatable bonds is 10.